The van der Waals surface area contributed by atoms with Crippen molar-refractivity contribution in [1.82, 2.24) is 4.72 Å². The van der Waals surface area contributed by atoms with Crippen LogP contribution in [0.1, 0.15) is 16.7 Å². The molecular weight excluding hydrogens is 304 g/mol. The molecule has 0 aliphatic carbocycles. The highest BCUT2D eigenvalue weighted by atomic mass is 32.2. The Labute approximate surface area is 129 Å². The van der Waals surface area contributed by atoms with Gasteiger partial charge in [0.05, 0.1) is 9.82 Å². The van der Waals surface area contributed by atoms with E-state index in [9.17, 15) is 18.5 Å². The number of rotatable bonds is 5. The van der Waals surface area contributed by atoms with Crippen molar-refractivity contribution in [2.24, 2.45) is 0 Å². The molecule has 0 bridgehead atoms. The monoisotopic (exact) mass is 320 g/mol. The van der Waals surface area contributed by atoms with Gasteiger partial charge in [0.2, 0.25) is 10.0 Å². The number of benzene rings is 2. The van der Waals surface area contributed by atoms with Crippen LogP contribution in [0.25, 0.3) is 0 Å². The Morgan fingerprint density at radius 2 is 1.73 bits per heavy atom. The van der Waals surface area contributed by atoms with Gasteiger partial charge in [0.15, 0.2) is 0 Å². The van der Waals surface area contributed by atoms with Crippen molar-refractivity contribution < 1.29 is 13.3 Å². The summed E-state index contributed by atoms with van der Waals surface area (Å²) in [5.74, 6) is 0. The van der Waals surface area contributed by atoms with Crippen molar-refractivity contribution in [2.75, 3.05) is 0 Å². The Bertz CT molecular complexity index is 799. The molecule has 0 aliphatic heterocycles. The molecule has 2 rings (SSSR count). The molecule has 0 saturated carbocycles. The highest BCUT2D eigenvalue weighted by molar-refractivity contribution is 7.89. The maximum Gasteiger partial charge on any atom is 0.273 e. The van der Waals surface area contributed by atoms with E-state index in [1.54, 1.807) is 6.92 Å². The number of nitrogens with zero attached hydrogens (tertiary/aromatic N) is 1. The summed E-state index contributed by atoms with van der Waals surface area (Å²) in [5.41, 5.74) is 2.11. The average molecular weight is 320 g/mol. The normalized spacial score (nSPS) is 11.4. The van der Waals surface area contributed by atoms with Crippen LogP contribution in [-0.2, 0) is 16.6 Å². The van der Waals surface area contributed by atoms with Crippen LogP contribution in [0, 0.1) is 24.0 Å². The third-order valence-corrected chi connectivity index (χ3v) is 4.67. The van der Waals surface area contributed by atoms with E-state index in [1.165, 1.54) is 12.1 Å². The van der Waals surface area contributed by atoms with Gasteiger partial charge in [-0.05, 0) is 25.5 Å². The van der Waals surface area contributed by atoms with Gasteiger partial charge in [0.25, 0.3) is 5.69 Å². The van der Waals surface area contributed by atoms with E-state index in [0.29, 0.717) is 5.56 Å². The van der Waals surface area contributed by atoms with Crippen LogP contribution in [0.5, 0.6) is 0 Å². The Morgan fingerprint density at radius 1 is 1.09 bits per heavy atom. The largest absolute Gasteiger partial charge is 0.273 e. The third kappa shape index (κ3) is 3.69. The summed E-state index contributed by atoms with van der Waals surface area (Å²) in [7, 11) is -3.80. The van der Waals surface area contributed by atoms with Crippen LogP contribution in [0.4, 0.5) is 5.69 Å². The summed E-state index contributed by atoms with van der Waals surface area (Å²) in [6.07, 6.45) is 0. The number of nitro groups is 1. The zero-order valence-electron chi connectivity index (χ0n) is 12.2. The molecule has 0 aliphatic rings. The minimum Gasteiger partial charge on any atom is -0.258 e. The molecule has 0 unspecified atom stereocenters. The van der Waals surface area contributed by atoms with Crippen LogP contribution in [0.3, 0.4) is 0 Å². The topological polar surface area (TPSA) is 89.3 Å². The lowest BCUT2D eigenvalue weighted by molar-refractivity contribution is -0.385. The molecular formula is C15H16N2O4S. The Morgan fingerprint density at radius 3 is 2.32 bits per heavy atom. The third-order valence-electron chi connectivity index (χ3n) is 3.27. The predicted octanol–water partition coefficient (Wildman–Crippen LogP) is 2.69. The minimum atomic E-state index is -3.80. The smallest absolute Gasteiger partial charge is 0.258 e. The summed E-state index contributed by atoms with van der Waals surface area (Å²) < 4.78 is 26.9. The highest BCUT2D eigenvalue weighted by Crippen LogP contribution is 2.22. The number of nitrogens with one attached hydrogen (secondary N) is 1. The molecule has 0 heterocycles. The maximum atomic E-state index is 12.2. The van der Waals surface area contributed by atoms with Crippen molar-refractivity contribution in [2.45, 2.75) is 25.3 Å². The van der Waals surface area contributed by atoms with E-state index in [1.807, 2.05) is 31.2 Å². The fourth-order valence-corrected chi connectivity index (χ4v) is 2.96. The van der Waals surface area contributed by atoms with E-state index >= 15 is 0 Å². The van der Waals surface area contributed by atoms with Crippen LogP contribution < -0.4 is 4.72 Å². The van der Waals surface area contributed by atoms with Crippen molar-refractivity contribution in [1.29, 1.82) is 0 Å². The molecule has 6 nitrogen and oxygen atoms in total. The number of sulfonamides is 1. The fourth-order valence-electron chi connectivity index (χ4n) is 1.92. The molecule has 22 heavy (non-hydrogen) atoms. The molecule has 116 valence electrons. The number of nitro benzene ring substituents is 1. The Balaban J connectivity index is 2.21. The van der Waals surface area contributed by atoms with E-state index in [4.69, 9.17) is 0 Å². The zero-order valence-corrected chi connectivity index (χ0v) is 13.1. The van der Waals surface area contributed by atoms with Crippen LogP contribution in [-0.4, -0.2) is 13.3 Å². The van der Waals surface area contributed by atoms with Crippen molar-refractivity contribution >= 4 is 15.7 Å². The summed E-state index contributed by atoms with van der Waals surface area (Å²) >= 11 is 0. The van der Waals surface area contributed by atoms with Gasteiger partial charge in [-0.15, -0.1) is 0 Å². The quantitative estimate of drug-likeness (QED) is 0.677. The maximum absolute atomic E-state index is 12.2. The second-order valence-electron chi connectivity index (χ2n) is 5.02. The van der Waals surface area contributed by atoms with E-state index in [2.05, 4.69) is 4.72 Å². The first-order valence-electron chi connectivity index (χ1n) is 6.60. The van der Waals surface area contributed by atoms with Gasteiger partial charge >= 0.3 is 0 Å². The molecule has 0 spiro atoms. The first kappa shape index (κ1) is 16.1. The van der Waals surface area contributed by atoms with Gasteiger partial charge < -0.3 is 0 Å². The molecule has 0 saturated heterocycles. The summed E-state index contributed by atoms with van der Waals surface area (Å²) in [6.45, 7) is 3.64. The van der Waals surface area contributed by atoms with Gasteiger partial charge in [0.1, 0.15) is 0 Å². The Kier molecular flexibility index (Phi) is 4.58. The average Bonchev–Trinajstić information content (AvgIpc) is 2.46. The molecule has 0 amide bonds. The van der Waals surface area contributed by atoms with Crippen LogP contribution >= 0.6 is 0 Å². The highest BCUT2D eigenvalue weighted by Gasteiger charge is 2.19. The molecule has 2 aromatic rings. The van der Waals surface area contributed by atoms with Crippen molar-refractivity contribution in [3.8, 4) is 0 Å². The van der Waals surface area contributed by atoms with E-state index in [0.717, 1.165) is 17.2 Å². The fraction of sp³-hybridized carbons (Fsp3) is 0.200. The molecule has 0 fully saturated rings. The summed E-state index contributed by atoms with van der Waals surface area (Å²) in [4.78, 5) is 10.2. The van der Waals surface area contributed by atoms with Gasteiger partial charge in [-0.1, -0.05) is 35.9 Å². The van der Waals surface area contributed by atoms with E-state index in [-0.39, 0.29) is 17.1 Å². The molecule has 1 N–H and O–H groups in total. The van der Waals surface area contributed by atoms with Gasteiger partial charge in [-0.3, -0.25) is 10.1 Å². The lowest BCUT2D eigenvalue weighted by Gasteiger charge is -2.08. The number of hydrogen-bond donors (Lipinski definition) is 1. The van der Waals surface area contributed by atoms with E-state index < -0.39 is 14.9 Å². The second-order valence-corrected chi connectivity index (χ2v) is 6.78. The lowest BCUT2D eigenvalue weighted by atomic mass is 10.2. The van der Waals surface area contributed by atoms with Crippen molar-refractivity contribution in [3.05, 3.63) is 69.3 Å². The van der Waals surface area contributed by atoms with Gasteiger partial charge in [-0.25, -0.2) is 13.1 Å². The van der Waals surface area contributed by atoms with Gasteiger partial charge in [0, 0.05) is 18.2 Å². The first-order valence-corrected chi connectivity index (χ1v) is 8.08. The van der Waals surface area contributed by atoms with Crippen LogP contribution in [0.2, 0.25) is 0 Å². The number of aryl methyl sites for hydroxylation is 2. The van der Waals surface area contributed by atoms with Crippen molar-refractivity contribution in [3.63, 3.8) is 0 Å². The molecule has 0 aromatic heterocycles. The predicted molar refractivity (Wildman–Crippen MR) is 83.0 cm³/mol. The number of hydrogen-bond acceptors (Lipinski definition) is 4. The Hall–Kier alpha value is -2.25. The second kappa shape index (κ2) is 6.25. The zero-order chi connectivity index (χ0) is 16.3. The standard InChI is InChI=1S/C15H16N2O4S/c1-11-3-6-13(7-4-11)10-16-22(20,21)14-8-5-12(2)15(9-14)17(18)19/h3-9,16H,10H2,1-2H3. The molecule has 0 atom stereocenters. The molecule has 7 heteroatoms. The van der Waals surface area contributed by atoms with Gasteiger partial charge in [-0.2, -0.15) is 0 Å². The summed E-state index contributed by atoms with van der Waals surface area (Å²) in [6, 6.07) is 11.3. The SMILES string of the molecule is Cc1ccc(CNS(=O)(=O)c2ccc(C)c([N+](=O)[O-])c2)cc1. The minimum absolute atomic E-state index is 0.114. The summed E-state index contributed by atoms with van der Waals surface area (Å²) in [5, 5.41) is 10.9. The molecule has 0 radical (unpaired) electrons. The first-order chi connectivity index (χ1) is 10.3. The lowest BCUT2D eigenvalue weighted by Crippen LogP contribution is -2.23. The van der Waals surface area contributed by atoms with Crippen LogP contribution in [0.15, 0.2) is 47.4 Å². The molecule has 2 aromatic carbocycles.